The molecule has 0 saturated carbocycles. The number of anilines is 2. The molecule has 0 spiro atoms. The van der Waals surface area contributed by atoms with Crippen LogP contribution in [-0.4, -0.2) is 39.0 Å². The predicted molar refractivity (Wildman–Crippen MR) is 111 cm³/mol. The summed E-state index contributed by atoms with van der Waals surface area (Å²) in [5.74, 6) is -0.506. The number of hydrogen-bond acceptors (Lipinski definition) is 8. The van der Waals surface area contributed by atoms with Crippen LogP contribution in [0.3, 0.4) is 0 Å². The third-order valence-electron chi connectivity index (χ3n) is 4.08. The lowest BCUT2D eigenvalue weighted by Gasteiger charge is -2.09. The Morgan fingerprint density at radius 1 is 1.13 bits per heavy atom. The zero-order chi connectivity index (χ0) is 22.8. The number of hydrogen-bond donors (Lipinski definition) is 2. The van der Waals surface area contributed by atoms with E-state index in [-0.39, 0.29) is 28.8 Å². The number of nitrogens with zero attached hydrogens (tertiary/aromatic N) is 5. The van der Waals surface area contributed by atoms with E-state index in [1.165, 1.54) is 37.4 Å². The van der Waals surface area contributed by atoms with Gasteiger partial charge in [0.1, 0.15) is 18.4 Å². The first-order chi connectivity index (χ1) is 14.5. The molecule has 31 heavy (non-hydrogen) atoms. The molecular formula is C18H19N7O5S. The van der Waals surface area contributed by atoms with E-state index in [1.54, 1.807) is 19.9 Å². The van der Waals surface area contributed by atoms with Crippen LogP contribution in [0.1, 0.15) is 17.1 Å². The fourth-order valence-corrected chi connectivity index (χ4v) is 3.73. The van der Waals surface area contributed by atoms with E-state index in [1.807, 2.05) is 0 Å². The molecule has 3 rings (SSSR count). The Labute approximate surface area is 177 Å². The van der Waals surface area contributed by atoms with Gasteiger partial charge in [-0.3, -0.25) is 19.6 Å². The van der Waals surface area contributed by atoms with Crippen molar-refractivity contribution in [3.8, 4) is 0 Å². The number of carbonyl (C=O) groups excluding carboxylic acids is 1. The molecule has 0 bridgehead atoms. The standard InChI is InChI=1S/C18H19N7O5S/c1-11-8-12(2)20-18(19-11)23-31(29,30)15-6-4-14(5-7-15)21-17(26)10-24-9-16(25(27)28)13(3)22-24/h4-9H,10H2,1-3H3,(H,21,26)(H,19,20,23). The fraction of sp³-hybridized carbons (Fsp3) is 0.222. The summed E-state index contributed by atoms with van der Waals surface area (Å²) in [5, 5.41) is 17.4. The van der Waals surface area contributed by atoms with Gasteiger partial charge in [0, 0.05) is 17.1 Å². The SMILES string of the molecule is Cc1cc(C)nc(NS(=O)(=O)c2ccc(NC(=O)Cn3cc([N+](=O)[O-])c(C)n3)cc2)n1. The van der Waals surface area contributed by atoms with Gasteiger partial charge in [-0.25, -0.2) is 23.1 Å². The lowest BCUT2D eigenvalue weighted by atomic mass is 10.3. The second kappa shape index (κ2) is 8.47. The highest BCUT2D eigenvalue weighted by Gasteiger charge is 2.18. The predicted octanol–water partition coefficient (Wildman–Crippen LogP) is 1.95. The molecular weight excluding hydrogens is 426 g/mol. The van der Waals surface area contributed by atoms with Crippen molar-refractivity contribution < 1.29 is 18.1 Å². The van der Waals surface area contributed by atoms with Crippen molar-refractivity contribution in [3.63, 3.8) is 0 Å². The first kappa shape index (κ1) is 21.8. The Morgan fingerprint density at radius 3 is 2.29 bits per heavy atom. The van der Waals surface area contributed by atoms with E-state index < -0.39 is 20.9 Å². The summed E-state index contributed by atoms with van der Waals surface area (Å²) < 4.78 is 28.6. The number of nitro groups is 1. The number of nitrogens with one attached hydrogen (secondary N) is 2. The summed E-state index contributed by atoms with van der Waals surface area (Å²) in [4.78, 5) is 30.5. The quantitative estimate of drug-likeness (QED) is 0.412. The van der Waals surface area contributed by atoms with Gasteiger partial charge in [0.25, 0.3) is 10.0 Å². The van der Waals surface area contributed by atoms with Gasteiger partial charge in [-0.2, -0.15) is 5.10 Å². The molecule has 0 aliphatic rings. The summed E-state index contributed by atoms with van der Waals surface area (Å²) in [7, 11) is -3.92. The molecule has 13 heteroatoms. The minimum atomic E-state index is -3.92. The maximum absolute atomic E-state index is 12.5. The van der Waals surface area contributed by atoms with E-state index in [2.05, 4.69) is 25.1 Å². The Kier molecular flexibility index (Phi) is 5.97. The van der Waals surface area contributed by atoms with E-state index in [9.17, 15) is 23.3 Å². The van der Waals surface area contributed by atoms with Crippen molar-refractivity contribution >= 4 is 33.3 Å². The molecule has 2 aromatic heterocycles. The topological polar surface area (TPSA) is 162 Å². The van der Waals surface area contributed by atoms with Gasteiger partial charge in [0.05, 0.1) is 9.82 Å². The Hall–Kier alpha value is -3.87. The highest BCUT2D eigenvalue weighted by Crippen LogP contribution is 2.18. The van der Waals surface area contributed by atoms with Crippen LogP contribution < -0.4 is 10.0 Å². The Bertz CT molecular complexity index is 1230. The highest BCUT2D eigenvalue weighted by molar-refractivity contribution is 7.92. The monoisotopic (exact) mass is 445 g/mol. The number of amides is 1. The summed E-state index contributed by atoms with van der Waals surface area (Å²) in [6, 6.07) is 7.21. The number of benzene rings is 1. The van der Waals surface area contributed by atoms with Gasteiger partial charge in [-0.1, -0.05) is 0 Å². The second-order valence-corrected chi connectivity index (χ2v) is 8.39. The largest absolute Gasteiger partial charge is 0.324 e. The smallest absolute Gasteiger partial charge is 0.309 e. The summed E-state index contributed by atoms with van der Waals surface area (Å²) in [6.45, 7) is 4.70. The van der Waals surface area contributed by atoms with Gasteiger partial charge in [0.2, 0.25) is 11.9 Å². The van der Waals surface area contributed by atoms with Crippen molar-refractivity contribution in [1.82, 2.24) is 19.7 Å². The fourth-order valence-electron chi connectivity index (χ4n) is 2.78. The first-order valence-electron chi connectivity index (χ1n) is 8.97. The third kappa shape index (κ3) is 5.39. The third-order valence-corrected chi connectivity index (χ3v) is 5.42. The van der Waals surface area contributed by atoms with Crippen LogP contribution in [0.2, 0.25) is 0 Å². The molecule has 0 fully saturated rings. The van der Waals surface area contributed by atoms with Crippen molar-refractivity contribution in [2.45, 2.75) is 32.2 Å². The lowest BCUT2D eigenvalue weighted by Crippen LogP contribution is -2.19. The van der Waals surface area contributed by atoms with Gasteiger partial charge in [-0.05, 0) is 51.1 Å². The average Bonchev–Trinajstić information content (AvgIpc) is 3.01. The normalized spacial score (nSPS) is 11.2. The molecule has 2 heterocycles. The van der Waals surface area contributed by atoms with E-state index in [0.717, 1.165) is 4.68 Å². The van der Waals surface area contributed by atoms with Crippen LogP contribution in [0.15, 0.2) is 41.4 Å². The molecule has 1 amide bonds. The Morgan fingerprint density at radius 2 is 1.74 bits per heavy atom. The average molecular weight is 445 g/mol. The Balaban J connectivity index is 1.67. The molecule has 3 aromatic rings. The van der Waals surface area contributed by atoms with E-state index in [0.29, 0.717) is 17.1 Å². The molecule has 162 valence electrons. The van der Waals surface area contributed by atoms with Gasteiger partial charge in [-0.15, -0.1) is 0 Å². The summed E-state index contributed by atoms with van der Waals surface area (Å²) in [6.07, 6.45) is 1.17. The van der Waals surface area contributed by atoms with Crippen molar-refractivity contribution in [3.05, 3.63) is 63.7 Å². The molecule has 0 saturated heterocycles. The van der Waals surface area contributed by atoms with Crippen LogP contribution in [0, 0.1) is 30.9 Å². The zero-order valence-corrected chi connectivity index (χ0v) is 17.7. The number of aromatic nitrogens is 4. The number of rotatable bonds is 7. The van der Waals surface area contributed by atoms with Crippen LogP contribution in [-0.2, 0) is 21.4 Å². The molecule has 0 radical (unpaired) electrons. The van der Waals surface area contributed by atoms with Gasteiger partial charge in [0.15, 0.2) is 0 Å². The van der Waals surface area contributed by atoms with Crippen LogP contribution in [0.25, 0.3) is 0 Å². The zero-order valence-electron chi connectivity index (χ0n) is 16.9. The number of aryl methyl sites for hydroxylation is 3. The van der Waals surface area contributed by atoms with E-state index >= 15 is 0 Å². The van der Waals surface area contributed by atoms with Crippen molar-refractivity contribution in [2.75, 3.05) is 10.0 Å². The minimum absolute atomic E-state index is 0.0292. The highest BCUT2D eigenvalue weighted by atomic mass is 32.2. The summed E-state index contributed by atoms with van der Waals surface area (Å²) in [5.41, 5.74) is 1.63. The van der Waals surface area contributed by atoms with Gasteiger partial charge < -0.3 is 5.32 Å². The van der Waals surface area contributed by atoms with Crippen molar-refractivity contribution in [2.24, 2.45) is 0 Å². The van der Waals surface area contributed by atoms with Crippen molar-refractivity contribution in [1.29, 1.82) is 0 Å². The molecule has 12 nitrogen and oxygen atoms in total. The first-order valence-corrected chi connectivity index (χ1v) is 10.5. The van der Waals surface area contributed by atoms with Crippen LogP contribution >= 0.6 is 0 Å². The summed E-state index contributed by atoms with van der Waals surface area (Å²) >= 11 is 0. The molecule has 0 aliphatic heterocycles. The van der Waals surface area contributed by atoms with Crippen LogP contribution in [0.4, 0.5) is 17.3 Å². The van der Waals surface area contributed by atoms with Gasteiger partial charge >= 0.3 is 5.69 Å². The van der Waals surface area contributed by atoms with E-state index in [4.69, 9.17) is 0 Å². The minimum Gasteiger partial charge on any atom is -0.324 e. The number of sulfonamides is 1. The number of carbonyl (C=O) groups is 1. The molecule has 0 aliphatic carbocycles. The maximum Gasteiger partial charge on any atom is 0.309 e. The molecule has 2 N–H and O–H groups in total. The molecule has 0 unspecified atom stereocenters. The second-order valence-electron chi connectivity index (χ2n) is 6.71. The maximum atomic E-state index is 12.5. The molecule has 0 atom stereocenters. The van der Waals surface area contributed by atoms with Crippen LogP contribution in [0.5, 0.6) is 0 Å². The lowest BCUT2D eigenvalue weighted by molar-refractivity contribution is -0.385. The molecule has 1 aromatic carbocycles.